The maximum Gasteiger partial charge on any atom is 0.257 e. The first-order valence-electron chi connectivity index (χ1n) is 6.82. The molecule has 20 heavy (non-hydrogen) atoms. The van der Waals surface area contributed by atoms with Gasteiger partial charge in [0.1, 0.15) is 5.75 Å². The summed E-state index contributed by atoms with van der Waals surface area (Å²) in [5, 5.41) is 3.45. The third kappa shape index (κ3) is 6.26. The van der Waals surface area contributed by atoms with Crippen LogP contribution in [0.1, 0.15) is 26.3 Å². The van der Waals surface area contributed by atoms with E-state index in [9.17, 15) is 4.79 Å². The van der Waals surface area contributed by atoms with Gasteiger partial charge < -0.3 is 15.8 Å². The first kappa shape index (κ1) is 16.8. The lowest BCUT2D eigenvalue weighted by Crippen LogP contribution is -2.32. The van der Waals surface area contributed by atoms with Gasteiger partial charge in [0.05, 0.1) is 0 Å². The number of nitrogens with two attached hydrogens (primary N) is 1. The van der Waals surface area contributed by atoms with Gasteiger partial charge in [-0.2, -0.15) is 0 Å². The third-order valence-corrected chi connectivity index (χ3v) is 2.87. The fourth-order valence-corrected chi connectivity index (χ4v) is 1.90. The first-order chi connectivity index (χ1) is 9.38. The Morgan fingerprint density at radius 2 is 2.10 bits per heavy atom. The zero-order valence-electron chi connectivity index (χ0n) is 12.3. The molecule has 0 aromatic heterocycles. The second-order valence-corrected chi connectivity index (χ2v) is 5.86. The van der Waals surface area contributed by atoms with Crippen LogP contribution in [-0.4, -0.2) is 25.1 Å². The van der Waals surface area contributed by atoms with Crippen molar-refractivity contribution in [1.29, 1.82) is 0 Å². The topological polar surface area (TPSA) is 64.3 Å². The lowest BCUT2D eigenvalue weighted by molar-refractivity contribution is -0.123. The Morgan fingerprint density at radius 1 is 1.40 bits per heavy atom. The molecule has 0 fully saturated rings. The van der Waals surface area contributed by atoms with Crippen molar-refractivity contribution in [1.82, 2.24) is 5.32 Å². The van der Waals surface area contributed by atoms with Crippen LogP contribution in [0.5, 0.6) is 5.75 Å². The largest absolute Gasteiger partial charge is 0.483 e. The molecule has 3 N–H and O–H groups in total. The maximum absolute atomic E-state index is 11.6. The monoisotopic (exact) mass is 298 g/mol. The summed E-state index contributed by atoms with van der Waals surface area (Å²) < 4.78 is 5.56. The van der Waals surface area contributed by atoms with Gasteiger partial charge in [0, 0.05) is 17.6 Å². The van der Waals surface area contributed by atoms with E-state index < -0.39 is 0 Å². The third-order valence-electron chi connectivity index (χ3n) is 2.63. The van der Waals surface area contributed by atoms with E-state index in [4.69, 9.17) is 22.1 Å². The van der Waals surface area contributed by atoms with Crippen molar-refractivity contribution in [2.75, 3.05) is 13.2 Å². The number of carbonyl (C=O) groups is 1. The average Bonchev–Trinajstić information content (AvgIpc) is 2.34. The molecule has 0 spiro atoms. The number of ether oxygens (including phenoxy) is 1. The summed E-state index contributed by atoms with van der Waals surface area (Å²) in [5.41, 5.74) is 6.72. The molecule has 0 saturated heterocycles. The SMILES string of the molecule is CC(C)CNC(=O)COc1ccc(Cl)cc1CC(C)N. The maximum atomic E-state index is 11.6. The highest BCUT2D eigenvalue weighted by atomic mass is 35.5. The molecule has 1 aromatic carbocycles. The molecule has 1 amide bonds. The fraction of sp³-hybridized carbons (Fsp3) is 0.533. The van der Waals surface area contributed by atoms with Gasteiger partial charge in [-0.25, -0.2) is 0 Å². The van der Waals surface area contributed by atoms with Crippen molar-refractivity contribution in [3.05, 3.63) is 28.8 Å². The minimum atomic E-state index is -0.125. The van der Waals surface area contributed by atoms with Gasteiger partial charge >= 0.3 is 0 Å². The predicted octanol–water partition coefficient (Wildman–Crippen LogP) is 2.38. The highest BCUT2D eigenvalue weighted by molar-refractivity contribution is 6.30. The predicted molar refractivity (Wildman–Crippen MR) is 82.1 cm³/mol. The second-order valence-electron chi connectivity index (χ2n) is 5.42. The van der Waals surface area contributed by atoms with Crippen LogP contribution < -0.4 is 15.8 Å². The van der Waals surface area contributed by atoms with Gasteiger partial charge in [0.25, 0.3) is 5.91 Å². The molecule has 0 bridgehead atoms. The smallest absolute Gasteiger partial charge is 0.257 e. The molecule has 0 saturated carbocycles. The molecule has 0 heterocycles. The Balaban J connectivity index is 2.60. The Labute approximate surface area is 125 Å². The number of hydrogen-bond acceptors (Lipinski definition) is 3. The highest BCUT2D eigenvalue weighted by Gasteiger charge is 2.09. The summed E-state index contributed by atoms with van der Waals surface area (Å²) in [5.74, 6) is 0.954. The van der Waals surface area contributed by atoms with Gasteiger partial charge in [-0.15, -0.1) is 0 Å². The van der Waals surface area contributed by atoms with Crippen LogP contribution in [0.25, 0.3) is 0 Å². The summed E-state index contributed by atoms with van der Waals surface area (Å²) in [6, 6.07) is 5.35. The number of halogens is 1. The molecule has 4 nitrogen and oxygen atoms in total. The summed E-state index contributed by atoms with van der Waals surface area (Å²) in [7, 11) is 0. The molecule has 0 aliphatic heterocycles. The number of benzene rings is 1. The van der Waals surface area contributed by atoms with Crippen LogP contribution in [0, 0.1) is 5.92 Å². The molecule has 1 rings (SSSR count). The lowest BCUT2D eigenvalue weighted by Gasteiger charge is -2.14. The van der Waals surface area contributed by atoms with E-state index in [-0.39, 0.29) is 18.6 Å². The lowest BCUT2D eigenvalue weighted by atomic mass is 10.1. The number of amides is 1. The van der Waals surface area contributed by atoms with Gasteiger partial charge in [-0.3, -0.25) is 4.79 Å². The van der Waals surface area contributed by atoms with Gasteiger partial charge in [0.15, 0.2) is 6.61 Å². The van der Waals surface area contributed by atoms with Crippen LogP contribution in [0.3, 0.4) is 0 Å². The van der Waals surface area contributed by atoms with Crippen molar-refractivity contribution < 1.29 is 9.53 Å². The van der Waals surface area contributed by atoms with E-state index in [0.717, 1.165) is 5.56 Å². The Morgan fingerprint density at radius 3 is 2.70 bits per heavy atom. The van der Waals surface area contributed by atoms with Crippen molar-refractivity contribution in [3.8, 4) is 5.75 Å². The van der Waals surface area contributed by atoms with E-state index in [0.29, 0.717) is 29.7 Å². The first-order valence-corrected chi connectivity index (χ1v) is 7.19. The van der Waals surface area contributed by atoms with Gasteiger partial charge in [-0.1, -0.05) is 25.4 Å². The van der Waals surface area contributed by atoms with Crippen LogP contribution in [-0.2, 0) is 11.2 Å². The van der Waals surface area contributed by atoms with Gasteiger partial charge in [0.2, 0.25) is 0 Å². The molecule has 0 aliphatic carbocycles. The minimum Gasteiger partial charge on any atom is -0.483 e. The number of carbonyl (C=O) groups excluding carboxylic acids is 1. The van der Waals surface area contributed by atoms with Crippen LogP contribution in [0.2, 0.25) is 5.02 Å². The molecular formula is C15H23ClN2O2. The van der Waals surface area contributed by atoms with Crippen molar-refractivity contribution in [3.63, 3.8) is 0 Å². The van der Waals surface area contributed by atoms with Crippen LogP contribution in [0.4, 0.5) is 0 Å². The highest BCUT2D eigenvalue weighted by Crippen LogP contribution is 2.24. The molecule has 1 atom stereocenters. The van der Waals surface area contributed by atoms with E-state index in [1.807, 2.05) is 26.8 Å². The molecule has 1 unspecified atom stereocenters. The number of hydrogen-bond donors (Lipinski definition) is 2. The number of nitrogens with one attached hydrogen (secondary N) is 1. The van der Waals surface area contributed by atoms with Crippen molar-refractivity contribution in [2.45, 2.75) is 33.2 Å². The molecule has 0 aliphatic rings. The average molecular weight is 299 g/mol. The fourth-order valence-electron chi connectivity index (χ4n) is 1.71. The summed E-state index contributed by atoms with van der Waals surface area (Å²) in [6.45, 7) is 6.65. The molecular weight excluding hydrogens is 276 g/mol. The molecule has 112 valence electrons. The molecule has 1 aromatic rings. The van der Waals surface area contributed by atoms with E-state index >= 15 is 0 Å². The van der Waals surface area contributed by atoms with Crippen molar-refractivity contribution >= 4 is 17.5 Å². The quantitative estimate of drug-likeness (QED) is 0.812. The summed E-state index contributed by atoms with van der Waals surface area (Å²) in [4.78, 5) is 11.6. The molecule has 0 radical (unpaired) electrons. The van der Waals surface area contributed by atoms with E-state index in [2.05, 4.69) is 5.32 Å². The normalized spacial score (nSPS) is 12.3. The van der Waals surface area contributed by atoms with Crippen molar-refractivity contribution in [2.24, 2.45) is 11.7 Å². The van der Waals surface area contributed by atoms with Crippen LogP contribution >= 0.6 is 11.6 Å². The van der Waals surface area contributed by atoms with E-state index in [1.165, 1.54) is 0 Å². The van der Waals surface area contributed by atoms with Crippen LogP contribution in [0.15, 0.2) is 18.2 Å². The Bertz CT molecular complexity index is 447. The zero-order valence-corrected chi connectivity index (χ0v) is 13.0. The minimum absolute atomic E-state index is 0.000302. The standard InChI is InChI=1S/C15H23ClN2O2/c1-10(2)8-18-15(19)9-20-14-5-4-13(16)7-12(14)6-11(3)17/h4-5,7,10-11H,6,8-9,17H2,1-3H3,(H,18,19). The summed E-state index contributed by atoms with van der Waals surface area (Å²) >= 11 is 5.97. The Hall–Kier alpha value is -1.26. The Kier molecular flexibility index (Phi) is 6.82. The zero-order chi connectivity index (χ0) is 15.1. The number of rotatable bonds is 7. The molecule has 5 heteroatoms. The van der Waals surface area contributed by atoms with E-state index in [1.54, 1.807) is 12.1 Å². The van der Waals surface area contributed by atoms with Gasteiger partial charge in [-0.05, 0) is 43.0 Å². The summed E-state index contributed by atoms with van der Waals surface area (Å²) in [6.07, 6.45) is 0.656. The second kappa shape index (κ2) is 8.12.